The minimum absolute atomic E-state index is 0.0000131. The number of hydrogen-bond donors (Lipinski definition) is 1. The molecule has 144 valence electrons. The first kappa shape index (κ1) is 17.7. The second kappa shape index (κ2) is 7.15. The molecule has 0 amide bonds. The Labute approximate surface area is 157 Å². The SMILES string of the molecule is CN(C)CCn1nc2n(c1=O)CCC(Nc1ncnc3c1ccn3C)CC2. The lowest BCUT2D eigenvalue weighted by Crippen LogP contribution is -2.30. The molecule has 9 nitrogen and oxygen atoms in total. The van der Waals surface area contributed by atoms with Crippen LogP contribution in [0.1, 0.15) is 18.7 Å². The molecule has 1 atom stereocenters. The van der Waals surface area contributed by atoms with Crippen LogP contribution in [0, 0.1) is 0 Å². The van der Waals surface area contributed by atoms with Gasteiger partial charge in [0.15, 0.2) is 0 Å². The van der Waals surface area contributed by atoms with Crippen molar-refractivity contribution in [3.63, 3.8) is 0 Å². The number of aryl methyl sites for hydroxylation is 2. The van der Waals surface area contributed by atoms with E-state index >= 15 is 0 Å². The topological polar surface area (TPSA) is 85.8 Å². The largest absolute Gasteiger partial charge is 0.367 e. The maximum Gasteiger partial charge on any atom is 0.345 e. The third-order valence-corrected chi connectivity index (χ3v) is 5.18. The molecule has 0 spiro atoms. The number of rotatable bonds is 5. The van der Waals surface area contributed by atoms with Crippen LogP contribution in [0.15, 0.2) is 23.4 Å². The summed E-state index contributed by atoms with van der Waals surface area (Å²) in [7, 11) is 5.98. The number of aromatic nitrogens is 6. The summed E-state index contributed by atoms with van der Waals surface area (Å²) in [5, 5.41) is 9.14. The zero-order valence-corrected chi connectivity index (χ0v) is 16.1. The van der Waals surface area contributed by atoms with Crippen molar-refractivity contribution >= 4 is 16.9 Å². The highest BCUT2D eigenvalue weighted by Gasteiger charge is 2.22. The fraction of sp³-hybridized carbons (Fsp3) is 0.556. The first-order chi connectivity index (χ1) is 13.0. The molecule has 3 aromatic heterocycles. The van der Waals surface area contributed by atoms with E-state index in [-0.39, 0.29) is 11.7 Å². The lowest BCUT2D eigenvalue weighted by molar-refractivity contribution is 0.367. The van der Waals surface area contributed by atoms with Gasteiger partial charge in [0, 0.05) is 38.8 Å². The lowest BCUT2D eigenvalue weighted by Gasteiger charge is -2.17. The number of hydrogen-bond acceptors (Lipinski definition) is 6. The Kier molecular flexibility index (Phi) is 4.69. The molecule has 0 bridgehead atoms. The van der Waals surface area contributed by atoms with Crippen molar-refractivity contribution in [2.75, 3.05) is 26.0 Å². The summed E-state index contributed by atoms with van der Waals surface area (Å²) in [5.41, 5.74) is 0.915. The Bertz CT molecular complexity index is 999. The normalized spacial score (nSPS) is 17.3. The van der Waals surface area contributed by atoms with Gasteiger partial charge in [-0.2, -0.15) is 5.10 Å². The summed E-state index contributed by atoms with van der Waals surface area (Å²) < 4.78 is 5.41. The molecule has 3 aromatic rings. The van der Waals surface area contributed by atoms with Crippen LogP contribution in [0.2, 0.25) is 0 Å². The van der Waals surface area contributed by atoms with Gasteiger partial charge in [0.2, 0.25) is 0 Å². The van der Waals surface area contributed by atoms with Crippen LogP contribution in [0.5, 0.6) is 0 Å². The monoisotopic (exact) mass is 370 g/mol. The Hall–Kier alpha value is -2.68. The highest BCUT2D eigenvalue weighted by molar-refractivity contribution is 5.87. The molecule has 0 saturated carbocycles. The zero-order chi connectivity index (χ0) is 19.0. The average Bonchev–Trinajstić information content (AvgIpc) is 3.09. The predicted molar refractivity (Wildman–Crippen MR) is 104 cm³/mol. The van der Waals surface area contributed by atoms with E-state index in [1.54, 1.807) is 11.0 Å². The molecular weight excluding hydrogens is 344 g/mol. The van der Waals surface area contributed by atoms with Crippen LogP contribution in [0.3, 0.4) is 0 Å². The van der Waals surface area contributed by atoms with Gasteiger partial charge in [-0.3, -0.25) is 4.57 Å². The molecule has 27 heavy (non-hydrogen) atoms. The second-order valence-corrected chi connectivity index (χ2v) is 7.43. The summed E-state index contributed by atoms with van der Waals surface area (Å²) >= 11 is 0. The van der Waals surface area contributed by atoms with Crippen molar-refractivity contribution in [3.05, 3.63) is 34.9 Å². The summed E-state index contributed by atoms with van der Waals surface area (Å²) in [4.78, 5) is 23.4. The van der Waals surface area contributed by atoms with E-state index in [4.69, 9.17) is 0 Å². The van der Waals surface area contributed by atoms with Crippen molar-refractivity contribution in [1.29, 1.82) is 0 Å². The molecule has 0 fully saturated rings. The molecule has 4 rings (SSSR count). The van der Waals surface area contributed by atoms with Gasteiger partial charge in [0.05, 0.1) is 11.9 Å². The van der Waals surface area contributed by atoms with Gasteiger partial charge in [-0.1, -0.05) is 0 Å². The first-order valence-electron chi connectivity index (χ1n) is 9.37. The number of anilines is 1. The molecule has 0 aromatic carbocycles. The van der Waals surface area contributed by atoms with Gasteiger partial charge in [-0.05, 0) is 33.0 Å². The number of nitrogens with zero attached hydrogens (tertiary/aromatic N) is 7. The van der Waals surface area contributed by atoms with Gasteiger partial charge < -0.3 is 14.8 Å². The summed E-state index contributed by atoms with van der Waals surface area (Å²) in [6.45, 7) is 2.11. The molecule has 0 radical (unpaired) electrons. The van der Waals surface area contributed by atoms with Crippen molar-refractivity contribution in [2.24, 2.45) is 7.05 Å². The van der Waals surface area contributed by atoms with Crippen molar-refractivity contribution in [2.45, 2.75) is 38.4 Å². The van der Waals surface area contributed by atoms with Crippen LogP contribution in [0.25, 0.3) is 11.0 Å². The Balaban J connectivity index is 1.48. The highest BCUT2D eigenvalue weighted by Crippen LogP contribution is 2.22. The van der Waals surface area contributed by atoms with Crippen molar-refractivity contribution in [3.8, 4) is 0 Å². The average molecular weight is 370 g/mol. The van der Waals surface area contributed by atoms with Crippen LogP contribution < -0.4 is 11.0 Å². The fourth-order valence-electron chi connectivity index (χ4n) is 3.60. The van der Waals surface area contributed by atoms with Crippen LogP contribution in [-0.4, -0.2) is 60.5 Å². The van der Waals surface area contributed by atoms with Crippen molar-refractivity contribution < 1.29 is 0 Å². The minimum Gasteiger partial charge on any atom is -0.367 e. The predicted octanol–water partition coefficient (Wildman–Crippen LogP) is 0.705. The zero-order valence-electron chi connectivity index (χ0n) is 16.1. The van der Waals surface area contributed by atoms with E-state index in [9.17, 15) is 4.79 Å². The van der Waals surface area contributed by atoms with Crippen LogP contribution in [-0.2, 0) is 26.6 Å². The minimum atomic E-state index is -0.0000131. The van der Waals surface area contributed by atoms with E-state index in [1.165, 1.54) is 0 Å². The number of fused-ring (bicyclic) bond motifs is 2. The molecule has 1 unspecified atom stereocenters. The Morgan fingerprint density at radius 3 is 2.96 bits per heavy atom. The third-order valence-electron chi connectivity index (χ3n) is 5.18. The molecule has 1 aliphatic rings. The summed E-state index contributed by atoms with van der Waals surface area (Å²) in [6.07, 6.45) is 6.15. The van der Waals surface area contributed by atoms with Gasteiger partial charge in [0.1, 0.15) is 23.6 Å². The maximum atomic E-state index is 12.6. The highest BCUT2D eigenvalue weighted by atomic mass is 16.2. The van der Waals surface area contributed by atoms with E-state index in [2.05, 4.69) is 25.3 Å². The van der Waals surface area contributed by atoms with E-state index in [0.717, 1.165) is 48.5 Å². The van der Waals surface area contributed by atoms with E-state index in [0.29, 0.717) is 13.1 Å². The standard InChI is InChI=1S/C18H26N8O/c1-23(2)10-11-26-18(27)25-9-6-13(4-5-15(25)22-26)21-16-14-7-8-24(3)17(14)20-12-19-16/h7-8,12-13H,4-6,9-11H2,1-3H3,(H,19,20,21). The van der Waals surface area contributed by atoms with Gasteiger partial charge in [0.25, 0.3) is 0 Å². The molecular formula is C18H26N8O. The molecule has 4 heterocycles. The van der Waals surface area contributed by atoms with Gasteiger partial charge >= 0.3 is 5.69 Å². The number of nitrogens with one attached hydrogen (secondary N) is 1. The van der Waals surface area contributed by atoms with Gasteiger partial charge in [-0.25, -0.2) is 19.4 Å². The van der Waals surface area contributed by atoms with E-state index < -0.39 is 0 Å². The quantitative estimate of drug-likeness (QED) is 0.712. The summed E-state index contributed by atoms with van der Waals surface area (Å²) in [6, 6.07) is 2.28. The molecule has 0 saturated heterocycles. The smallest absolute Gasteiger partial charge is 0.345 e. The second-order valence-electron chi connectivity index (χ2n) is 7.43. The maximum absolute atomic E-state index is 12.6. The Morgan fingerprint density at radius 1 is 1.30 bits per heavy atom. The molecule has 1 aliphatic heterocycles. The Morgan fingerprint density at radius 2 is 2.15 bits per heavy atom. The third kappa shape index (κ3) is 3.46. The lowest BCUT2D eigenvalue weighted by atomic mass is 10.1. The van der Waals surface area contributed by atoms with Gasteiger partial charge in [-0.15, -0.1) is 0 Å². The van der Waals surface area contributed by atoms with Crippen LogP contribution >= 0.6 is 0 Å². The fourth-order valence-corrected chi connectivity index (χ4v) is 3.60. The molecule has 0 aliphatic carbocycles. The first-order valence-corrected chi connectivity index (χ1v) is 9.37. The van der Waals surface area contributed by atoms with Crippen molar-refractivity contribution in [1.82, 2.24) is 33.8 Å². The van der Waals surface area contributed by atoms with E-state index in [1.807, 2.05) is 42.5 Å². The number of likely N-dealkylation sites (N-methyl/N-ethyl adjacent to an activating group) is 1. The summed E-state index contributed by atoms with van der Waals surface area (Å²) in [5.74, 6) is 1.74. The molecule has 9 heteroatoms. The van der Waals surface area contributed by atoms with Crippen LogP contribution in [0.4, 0.5) is 5.82 Å². The molecule has 1 N–H and O–H groups in total.